The lowest BCUT2D eigenvalue weighted by Gasteiger charge is -2.21. The fraction of sp³-hybridized carbons (Fsp3) is 0.632. The monoisotopic (exact) mass is 320 g/mol. The van der Waals surface area contributed by atoms with Crippen LogP contribution in [0.4, 0.5) is 5.69 Å². The predicted octanol–water partition coefficient (Wildman–Crippen LogP) is 4.15. The number of nitrogens with one attached hydrogen (secondary N) is 1. The van der Waals surface area contributed by atoms with E-state index in [0.717, 1.165) is 0 Å². The van der Waals surface area contributed by atoms with Crippen molar-refractivity contribution in [2.75, 3.05) is 12.3 Å². The van der Waals surface area contributed by atoms with Crippen LogP contribution >= 0.6 is 0 Å². The van der Waals surface area contributed by atoms with Crippen molar-refractivity contribution in [1.29, 1.82) is 0 Å². The molecule has 0 saturated carbocycles. The van der Waals surface area contributed by atoms with Gasteiger partial charge >= 0.3 is 5.97 Å². The number of anilines is 1. The first-order valence-corrected chi connectivity index (χ1v) is 8.86. The van der Waals surface area contributed by atoms with Crippen LogP contribution in [-0.2, 0) is 4.74 Å². The molecule has 0 unspecified atom stereocenters. The molecule has 4 nitrogen and oxygen atoms in total. The molecule has 23 heavy (non-hydrogen) atoms. The van der Waals surface area contributed by atoms with Gasteiger partial charge in [-0.05, 0) is 44.0 Å². The molecule has 0 aliphatic carbocycles. The minimum atomic E-state index is -0.294. The fourth-order valence-corrected chi connectivity index (χ4v) is 2.49. The Bertz CT molecular complexity index is 437. The molecule has 130 valence electrons. The number of nitrogens with two attached hydrogens (primary N) is 1. The summed E-state index contributed by atoms with van der Waals surface area (Å²) >= 11 is 0. The molecule has 0 aliphatic heterocycles. The van der Waals surface area contributed by atoms with Gasteiger partial charge in [-0.3, -0.25) is 0 Å². The lowest BCUT2D eigenvalue weighted by molar-refractivity contribution is 0.0335. The van der Waals surface area contributed by atoms with Crippen molar-refractivity contribution in [3.05, 3.63) is 29.8 Å². The van der Waals surface area contributed by atoms with Gasteiger partial charge in [-0.1, -0.05) is 39.5 Å². The summed E-state index contributed by atoms with van der Waals surface area (Å²) in [5.41, 5.74) is 6.81. The van der Waals surface area contributed by atoms with Crippen LogP contribution in [0.5, 0.6) is 0 Å². The highest BCUT2D eigenvalue weighted by atomic mass is 16.5. The van der Waals surface area contributed by atoms with Gasteiger partial charge in [-0.2, -0.15) is 0 Å². The molecule has 4 heteroatoms. The first-order valence-electron chi connectivity index (χ1n) is 8.86. The Hall–Kier alpha value is -1.55. The number of esters is 1. The Morgan fingerprint density at radius 2 is 1.70 bits per heavy atom. The molecule has 3 N–H and O–H groups in total. The van der Waals surface area contributed by atoms with E-state index < -0.39 is 0 Å². The van der Waals surface area contributed by atoms with Crippen LogP contribution in [0, 0.1) is 0 Å². The second-order valence-electron chi connectivity index (χ2n) is 6.23. The Morgan fingerprint density at radius 1 is 1.13 bits per heavy atom. The summed E-state index contributed by atoms with van der Waals surface area (Å²) in [6.07, 6.45) is 7.13. The van der Waals surface area contributed by atoms with E-state index in [1.54, 1.807) is 24.3 Å². The molecule has 0 saturated heterocycles. The molecule has 1 aromatic rings. The van der Waals surface area contributed by atoms with Crippen molar-refractivity contribution >= 4 is 11.7 Å². The van der Waals surface area contributed by atoms with Gasteiger partial charge in [0.05, 0.1) is 5.56 Å². The number of hydrogen-bond donors (Lipinski definition) is 2. The van der Waals surface area contributed by atoms with Crippen LogP contribution in [0.3, 0.4) is 0 Å². The summed E-state index contributed by atoms with van der Waals surface area (Å²) in [5.74, 6) is -0.294. The summed E-state index contributed by atoms with van der Waals surface area (Å²) < 4.78 is 5.49. The molecule has 0 fully saturated rings. The zero-order valence-electron chi connectivity index (χ0n) is 14.8. The van der Waals surface area contributed by atoms with Crippen molar-refractivity contribution in [1.82, 2.24) is 5.32 Å². The summed E-state index contributed by atoms with van der Waals surface area (Å²) in [7, 11) is 0. The van der Waals surface area contributed by atoms with Gasteiger partial charge in [0.1, 0.15) is 6.10 Å². The summed E-state index contributed by atoms with van der Waals surface area (Å²) in [5, 5.41) is 3.56. The van der Waals surface area contributed by atoms with Gasteiger partial charge in [0, 0.05) is 18.3 Å². The molecule has 0 radical (unpaired) electrons. The van der Waals surface area contributed by atoms with E-state index in [0.29, 0.717) is 23.8 Å². The van der Waals surface area contributed by atoms with Crippen molar-refractivity contribution in [2.45, 2.75) is 71.4 Å². The van der Waals surface area contributed by atoms with Crippen LogP contribution in [0.15, 0.2) is 24.3 Å². The Labute approximate surface area is 140 Å². The lowest BCUT2D eigenvalue weighted by Crippen LogP contribution is -2.36. The third-order valence-electron chi connectivity index (χ3n) is 3.96. The molecule has 0 spiro atoms. The van der Waals surface area contributed by atoms with E-state index >= 15 is 0 Å². The number of rotatable bonds is 11. The van der Waals surface area contributed by atoms with Crippen LogP contribution < -0.4 is 11.1 Å². The second kappa shape index (κ2) is 11.1. The van der Waals surface area contributed by atoms with Crippen LogP contribution in [-0.4, -0.2) is 24.7 Å². The third kappa shape index (κ3) is 8.03. The molecule has 0 aromatic heterocycles. The maximum absolute atomic E-state index is 12.1. The highest BCUT2D eigenvalue weighted by Crippen LogP contribution is 2.10. The van der Waals surface area contributed by atoms with Crippen LogP contribution in [0.1, 0.15) is 69.7 Å². The smallest absolute Gasteiger partial charge is 0.338 e. The van der Waals surface area contributed by atoms with Gasteiger partial charge in [0.2, 0.25) is 0 Å². The Kier molecular flexibility index (Phi) is 9.37. The largest absolute Gasteiger partial charge is 0.458 e. The van der Waals surface area contributed by atoms with Gasteiger partial charge < -0.3 is 15.8 Å². The maximum Gasteiger partial charge on any atom is 0.338 e. The molecule has 1 rings (SSSR count). The molecular weight excluding hydrogens is 288 g/mol. The number of ether oxygens (including phenoxy) is 1. The average molecular weight is 320 g/mol. The maximum atomic E-state index is 12.1. The molecule has 0 amide bonds. The normalized spacial score (nSPS) is 12.3. The number of hydrogen-bond acceptors (Lipinski definition) is 4. The standard InChI is InChI=1S/C19H32N2O2/c1-4-6-8-18(9-7-5-2)21-14-15(3)23-19(22)16-10-12-17(20)13-11-16/h10-13,15,18,21H,4-9,14,20H2,1-3H3/t15-/m1/s1. The first kappa shape index (κ1) is 19.5. The minimum Gasteiger partial charge on any atom is -0.458 e. The van der Waals surface area contributed by atoms with E-state index in [4.69, 9.17) is 10.5 Å². The number of nitrogen functional groups attached to an aromatic ring is 1. The summed E-state index contributed by atoms with van der Waals surface area (Å²) in [6.45, 7) is 7.06. The highest BCUT2D eigenvalue weighted by Gasteiger charge is 2.14. The lowest BCUT2D eigenvalue weighted by atomic mass is 10.0. The molecular formula is C19H32N2O2. The zero-order chi connectivity index (χ0) is 17.1. The topological polar surface area (TPSA) is 64.3 Å². The highest BCUT2D eigenvalue weighted by molar-refractivity contribution is 5.89. The van der Waals surface area contributed by atoms with E-state index in [1.807, 2.05) is 6.92 Å². The van der Waals surface area contributed by atoms with Crippen molar-refractivity contribution in [2.24, 2.45) is 0 Å². The van der Waals surface area contributed by atoms with E-state index in [9.17, 15) is 4.79 Å². The van der Waals surface area contributed by atoms with Crippen LogP contribution in [0.25, 0.3) is 0 Å². The quantitative estimate of drug-likeness (QED) is 0.475. The third-order valence-corrected chi connectivity index (χ3v) is 3.96. The molecule has 0 aliphatic rings. The predicted molar refractivity (Wildman–Crippen MR) is 96.6 cm³/mol. The van der Waals surface area contributed by atoms with Crippen LogP contribution in [0.2, 0.25) is 0 Å². The first-order chi connectivity index (χ1) is 11.1. The van der Waals surface area contributed by atoms with E-state index in [2.05, 4.69) is 19.2 Å². The van der Waals surface area contributed by atoms with Crippen molar-refractivity contribution in [3.8, 4) is 0 Å². The Balaban J connectivity index is 2.39. The Morgan fingerprint density at radius 3 is 2.22 bits per heavy atom. The number of benzene rings is 1. The number of carbonyl (C=O) groups is 1. The van der Waals surface area contributed by atoms with Gasteiger partial charge in [-0.15, -0.1) is 0 Å². The molecule has 0 heterocycles. The van der Waals surface area contributed by atoms with Gasteiger partial charge in [0.25, 0.3) is 0 Å². The summed E-state index contributed by atoms with van der Waals surface area (Å²) in [6, 6.07) is 7.34. The van der Waals surface area contributed by atoms with E-state index in [1.165, 1.54) is 38.5 Å². The second-order valence-corrected chi connectivity index (χ2v) is 6.23. The van der Waals surface area contributed by atoms with Gasteiger partial charge in [0.15, 0.2) is 0 Å². The zero-order valence-corrected chi connectivity index (χ0v) is 14.8. The van der Waals surface area contributed by atoms with Crippen molar-refractivity contribution in [3.63, 3.8) is 0 Å². The molecule has 1 aromatic carbocycles. The van der Waals surface area contributed by atoms with Crippen molar-refractivity contribution < 1.29 is 9.53 Å². The SMILES string of the molecule is CCCCC(CCCC)NC[C@@H](C)OC(=O)c1ccc(N)cc1. The average Bonchev–Trinajstić information content (AvgIpc) is 2.54. The fourth-order valence-electron chi connectivity index (χ4n) is 2.49. The minimum absolute atomic E-state index is 0.147. The summed E-state index contributed by atoms with van der Waals surface area (Å²) in [4.78, 5) is 12.1. The number of carbonyl (C=O) groups excluding carboxylic acids is 1. The molecule has 0 bridgehead atoms. The molecule has 1 atom stereocenters. The number of unbranched alkanes of at least 4 members (excludes halogenated alkanes) is 2. The van der Waals surface area contributed by atoms with Gasteiger partial charge in [-0.25, -0.2) is 4.79 Å². The van der Waals surface area contributed by atoms with E-state index in [-0.39, 0.29) is 12.1 Å².